The van der Waals surface area contributed by atoms with E-state index in [2.05, 4.69) is 21.7 Å². The van der Waals surface area contributed by atoms with Crippen molar-refractivity contribution in [3.05, 3.63) is 29.8 Å². The average Bonchev–Trinajstić information content (AvgIpc) is 2.59. The normalized spacial score (nSPS) is 16.4. The van der Waals surface area contributed by atoms with Gasteiger partial charge < -0.3 is 20.1 Å². The van der Waals surface area contributed by atoms with Gasteiger partial charge in [-0.1, -0.05) is 24.6 Å². The summed E-state index contributed by atoms with van der Waals surface area (Å²) in [4.78, 5) is 4.34. The summed E-state index contributed by atoms with van der Waals surface area (Å²) in [7, 11) is 5.31. The Labute approximate surface area is 145 Å². The van der Waals surface area contributed by atoms with Crippen LogP contribution in [0.15, 0.2) is 29.3 Å². The number of nitrogens with one attached hydrogen (secondary N) is 2. The van der Waals surface area contributed by atoms with Gasteiger partial charge in [0.1, 0.15) is 5.75 Å². The number of hydrogen-bond acceptors (Lipinski definition) is 3. The van der Waals surface area contributed by atoms with Gasteiger partial charge >= 0.3 is 0 Å². The lowest BCUT2D eigenvalue weighted by molar-refractivity contribution is 0.0732. The fraction of sp³-hybridized carbons (Fsp3) is 0.632. The van der Waals surface area contributed by atoms with Crippen molar-refractivity contribution in [3.8, 4) is 5.75 Å². The molecule has 1 aliphatic carbocycles. The third-order valence-electron chi connectivity index (χ3n) is 4.98. The molecule has 24 heavy (non-hydrogen) atoms. The lowest BCUT2D eigenvalue weighted by Crippen LogP contribution is -2.47. The molecule has 1 aliphatic rings. The molecule has 0 heterocycles. The molecule has 0 atom stereocenters. The first kappa shape index (κ1) is 18.6. The van der Waals surface area contributed by atoms with Crippen molar-refractivity contribution < 1.29 is 9.47 Å². The Morgan fingerprint density at radius 2 is 2.00 bits per heavy atom. The second-order valence-corrected chi connectivity index (χ2v) is 6.51. The van der Waals surface area contributed by atoms with Gasteiger partial charge in [0, 0.05) is 33.9 Å². The molecule has 5 nitrogen and oxygen atoms in total. The molecule has 1 fully saturated rings. The van der Waals surface area contributed by atoms with Gasteiger partial charge in [0.05, 0.1) is 7.11 Å². The quantitative estimate of drug-likeness (QED) is 0.539. The number of aliphatic imine (C=N–C) groups is 1. The van der Waals surface area contributed by atoms with E-state index in [1.165, 1.54) is 24.8 Å². The SMILES string of the molecule is CN=C(NCCc1ccccc1OC)NCC1(CCOC)CCC1. The van der Waals surface area contributed by atoms with Gasteiger partial charge in [-0.3, -0.25) is 4.99 Å². The van der Waals surface area contributed by atoms with Crippen molar-refractivity contribution in [3.63, 3.8) is 0 Å². The number of hydrogen-bond donors (Lipinski definition) is 2. The van der Waals surface area contributed by atoms with Gasteiger partial charge in [0.15, 0.2) is 5.96 Å². The van der Waals surface area contributed by atoms with Crippen molar-refractivity contribution in [2.24, 2.45) is 10.4 Å². The number of guanidine groups is 1. The molecule has 1 saturated carbocycles. The molecular weight excluding hydrogens is 302 g/mol. The molecule has 0 aromatic heterocycles. The van der Waals surface area contributed by atoms with E-state index in [9.17, 15) is 0 Å². The molecule has 1 aromatic rings. The van der Waals surface area contributed by atoms with Crippen molar-refractivity contribution in [1.29, 1.82) is 0 Å². The zero-order chi connectivity index (χ0) is 17.3. The number of methoxy groups -OCH3 is 2. The number of rotatable bonds is 9. The molecule has 0 spiro atoms. The standard InChI is InChI=1S/C19H31N3O2/c1-20-18(22-15-19(10-6-11-19)12-14-23-2)21-13-9-16-7-4-5-8-17(16)24-3/h4-5,7-8H,6,9-15H2,1-3H3,(H2,20,21,22). The van der Waals surface area contributed by atoms with Crippen molar-refractivity contribution >= 4 is 5.96 Å². The Morgan fingerprint density at radius 1 is 1.21 bits per heavy atom. The number of nitrogens with zero attached hydrogens (tertiary/aromatic N) is 1. The molecule has 1 aromatic carbocycles. The maximum atomic E-state index is 5.40. The van der Waals surface area contributed by atoms with E-state index in [0.717, 1.165) is 44.2 Å². The van der Waals surface area contributed by atoms with E-state index < -0.39 is 0 Å². The summed E-state index contributed by atoms with van der Waals surface area (Å²) in [5.41, 5.74) is 1.59. The van der Waals surface area contributed by atoms with Gasteiger partial charge in [-0.15, -0.1) is 0 Å². The van der Waals surface area contributed by atoms with Crippen LogP contribution < -0.4 is 15.4 Å². The van der Waals surface area contributed by atoms with Gasteiger partial charge in [0.25, 0.3) is 0 Å². The lowest BCUT2D eigenvalue weighted by atomic mass is 9.67. The van der Waals surface area contributed by atoms with Gasteiger partial charge in [-0.2, -0.15) is 0 Å². The van der Waals surface area contributed by atoms with E-state index in [4.69, 9.17) is 9.47 Å². The van der Waals surface area contributed by atoms with Crippen LogP contribution in [0.3, 0.4) is 0 Å². The molecule has 0 amide bonds. The monoisotopic (exact) mass is 333 g/mol. The number of benzene rings is 1. The second-order valence-electron chi connectivity index (χ2n) is 6.51. The largest absolute Gasteiger partial charge is 0.496 e. The highest BCUT2D eigenvalue weighted by Crippen LogP contribution is 2.43. The minimum atomic E-state index is 0.385. The predicted molar refractivity (Wildman–Crippen MR) is 98.8 cm³/mol. The fourth-order valence-electron chi connectivity index (χ4n) is 3.23. The molecule has 134 valence electrons. The summed E-state index contributed by atoms with van der Waals surface area (Å²) in [6, 6.07) is 8.14. The van der Waals surface area contributed by atoms with Crippen LogP contribution in [0.25, 0.3) is 0 Å². The van der Waals surface area contributed by atoms with E-state index in [1.807, 2.05) is 25.2 Å². The minimum absolute atomic E-state index is 0.385. The van der Waals surface area contributed by atoms with Crippen LogP contribution in [-0.2, 0) is 11.2 Å². The van der Waals surface area contributed by atoms with Crippen molar-refractivity contribution in [2.75, 3.05) is 41.0 Å². The van der Waals surface area contributed by atoms with Crippen LogP contribution in [0.1, 0.15) is 31.2 Å². The molecule has 0 bridgehead atoms. The highest BCUT2D eigenvalue weighted by atomic mass is 16.5. The average molecular weight is 333 g/mol. The maximum absolute atomic E-state index is 5.40. The summed E-state index contributed by atoms with van der Waals surface area (Å²) >= 11 is 0. The minimum Gasteiger partial charge on any atom is -0.496 e. The first-order chi connectivity index (χ1) is 11.7. The third-order valence-corrected chi connectivity index (χ3v) is 4.98. The fourth-order valence-corrected chi connectivity index (χ4v) is 3.23. The predicted octanol–water partition coefficient (Wildman–Crippen LogP) is 2.61. The van der Waals surface area contributed by atoms with Gasteiger partial charge in [-0.25, -0.2) is 0 Å². The molecule has 0 radical (unpaired) electrons. The summed E-state index contributed by atoms with van der Waals surface area (Å²) in [6.07, 6.45) is 5.91. The van der Waals surface area contributed by atoms with E-state index in [0.29, 0.717) is 5.41 Å². The van der Waals surface area contributed by atoms with E-state index >= 15 is 0 Å². The Morgan fingerprint density at radius 3 is 2.62 bits per heavy atom. The topological polar surface area (TPSA) is 54.9 Å². The molecule has 5 heteroatoms. The Bertz CT molecular complexity index is 527. The second kappa shape index (κ2) is 9.52. The van der Waals surface area contributed by atoms with Crippen LogP contribution in [0.5, 0.6) is 5.75 Å². The Hall–Kier alpha value is -1.75. The van der Waals surface area contributed by atoms with Crippen LogP contribution in [0, 0.1) is 5.41 Å². The smallest absolute Gasteiger partial charge is 0.191 e. The first-order valence-corrected chi connectivity index (χ1v) is 8.78. The van der Waals surface area contributed by atoms with Crippen molar-refractivity contribution in [1.82, 2.24) is 10.6 Å². The number of para-hydroxylation sites is 1. The van der Waals surface area contributed by atoms with Crippen molar-refractivity contribution in [2.45, 2.75) is 32.1 Å². The van der Waals surface area contributed by atoms with Crippen LogP contribution in [0.4, 0.5) is 0 Å². The zero-order valence-corrected chi connectivity index (χ0v) is 15.2. The molecule has 2 rings (SSSR count). The molecule has 0 aliphatic heterocycles. The molecule has 2 N–H and O–H groups in total. The van der Waals surface area contributed by atoms with Crippen LogP contribution in [0.2, 0.25) is 0 Å². The number of ether oxygens (including phenoxy) is 2. The van der Waals surface area contributed by atoms with E-state index in [1.54, 1.807) is 14.2 Å². The molecule has 0 saturated heterocycles. The van der Waals surface area contributed by atoms with Gasteiger partial charge in [-0.05, 0) is 42.7 Å². The Kier molecular flexibility index (Phi) is 7.37. The third kappa shape index (κ3) is 5.13. The molecular formula is C19H31N3O2. The Balaban J connectivity index is 1.76. The molecule has 0 unspecified atom stereocenters. The summed E-state index contributed by atoms with van der Waals surface area (Å²) in [6.45, 7) is 2.62. The van der Waals surface area contributed by atoms with Crippen LogP contribution in [-0.4, -0.2) is 46.9 Å². The lowest BCUT2D eigenvalue weighted by Gasteiger charge is -2.42. The first-order valence-electron chi connectivity index (χ1n) is 8.78. The van der Waals surface area contributed by atoms with Crippen LogP contribution >= 0.6 is 0 Å². The highest BCUT2D eigenvalue weighted by Gasteiger charge is 2.36. The van der Waals surface area contributed by atoms with E-state index in [-0.39, 0.29) is 0 Å². The summed E-state index contributed by atoms with van der Waals surface area (Å²) in [5, 5.41) is 6.89. The summed E-state index contributed by atoms with van der Waals surface area (Å²) in [5.74, 6) is 1.81. The highest BCUT2D eigenvalue weighted by molar-refractivity contribution is 5.79. The maximum Gasteiger partial charge on any atom is 0.191 e. The zero-order valence-electron chi connectivity index (χ0n) is 15.2. The summed E-state index contributed by atoms with van der Waals surface area (Å²) < 4.78 is 10.7. The van der Waals surface area contributed by atoms with Gasteiger partial charge in [0.2, 0.25) is 0 Å².